The van der Waals surface area contributed by atoms with Gasteiger partial charge in [0.2, 0.25) is 10.0 Å². The van der Waals surface area contributed by atoms with Crippen LogP contribution in [0.2, 0.25) is 0 Å². The number of benzene rings is 1. The molecule has 0 radical (unpaired) electrons. The van der Waals surface area contributed by atoms with Gasteiger partial charge in [-0.2, -0.15) is 4.31 Å². The third kappa shape index (κ3) is 3.83. The van der Waals surface area contributed by atoms with Crippen LogP contribution in [0.15, 0.2) is 23.1 Å². The van der Waals surface area contributed by atoms with Crippen molar-refractivity contribution in [3.8, 4) is 0 Å². The predicted octanol–water partition coefficient (Wildman–Crippen LogP) is 1.38. The Balaban J connectivity index is 2.38. The van der Waals surface area contributed by atoms with Gasteiger partial charge in [0.1, 0.15) is 0 Å². The number of ether oxygens (including phenoxy) is 1. The highest BCUT2D eigenvalue weighted by molar-refractivity contribution is 7.89. The summed E-state index contributed by atoms with van der Waals surface area (Å²) in [4.78, 5) is 0.444. The van der Waals surface area contributed by atoms with Crippen molar-refractivity contribution < 1.29 is 13.2 Å². The second-order valence-electron chi connectivity index (χ2n) is 5.20. The average molecular weight is 312 g/mol. The van der Waals surface area contributed by atoms with E-state index in [9.17, 15) is 8.42 Å². The van der Waals surface area contributed by atoms with Crippen LogP contribution in [-0.2, 0) is 27.7 Å². The molecule has 118 valence electrons. The fourth-order valence-electron chi connectivity index (χ4n) is 2.55. The normalized spacial score (nSPS) is 17.6. The highest BCUT2D eigenvalue weighted by atomic mass is 32.2. The summed E-state index contributed by atoms with van der Waals surface area (Å²) in [6.45, 7) is 4.71. The maximum Gasteiger partial charge on any atom is 0.243 e. The second-order valence-corrected chi connectivity index (χ2v) is 7.10. The average Bonchev–Trinajstić information content (AvgIpc) is 2.77. The Bertz CT molecular complexity index is 564. The fraction of sp³-hybridized carbons (Fsp3) is 0.600. The van der Waals surface area contributed by atoms with Crippen molar-refractivity contribution >= 4 is 10.0 Å². The molecule has 1 saturated heterocycles. The number of nitrogens with zero attached hydrogens (tertiary/aromatic N) is 1. The topological polar surface area (TPSA) is 58.6 Å². The Morgan fingerprint density at radius 2 is 2.10 bits per heavy atom. The SMILES string of the molecule is CCc1ccc(CNC)cc1S(=O)(=O)N1CCCOCC1. The summed E-state index contributed by atoms with van der Waals surface area (Å²) in [6, 6.07) is 5.71. The minimum atomic E-state index is -3.44. The van der Waals surface area contributed by atoms with Crippen LogP contribution in [0.3, 0.4) is 0 Å². The molecular formula is C15H24N2O3S. The van der Waals surface area contributed by atoms with Crippen molar-refractivity contribution in [3.63, 3.8) is 0 Å². The molecule has 1 fully saturated rings. The van der Waals surface area contributed by atoms with E-state index < -0.39 is 10.0 Å². The Kier molecular flexibility index (Phi) is 5.75. The first-order valence-electron chi connectivity index (χ1n) is 7.44. The summed E-state index contributed by atoms with van der Waals surface area (Å²) in [6.07, 6.45) is 1.45. The molecule has 1 N–H and O–H groups in total. The summed E-state index contributed by atoms with van der Waals surface area (Å²) in [5, 5.41) is 3.06. The van der Waals surface area contributed by atoms with E-state index in [0.717, 1.165) is 17.5 Å². The van der Waals surface area contributed by atoms with E-state index >= 15 is 0 Å². The monoisotopic (exact) mass is 312 g/mol. The Labute approximate surface area is 127 Å². The highest BCUT2D eigenvalue weighted by Gasteiger charge is 2.27. The molecular weight excluding hydrogens is 288 g/mol. The first-order valence-corrected chi connectivity index (χ1v) is 8.88. The number of sulfonamides is 1. The molecule has 21 heavy (non-hydrogen) atoms. The number of hydrogen-bond acceptors (Lipinski definition) is 4. The van der Waals surface area contributed by atoms with Gasteiger partial charge < -0.3 is 10.1 Å². The van der Waals surface area contributed by atoms with E-state index in [2.05, 4.69) is 5.32 Å². The fourth-order valence-corrected chi connectivity index (χ4v) is 4.35. The largest absolute Gasteiger partial charge is 0.380 e. The first kappa shape index (κ1) is 16.4. The highest BCUT2D eigenvalue weighted by Crippen LogP contribution is 2.23. The molecule has 2 rings (SSSR count). The lowest BCUT2D eigenvalue weighted by Crippen LogP contribution is -2.34. The van der Waals surface area contributed by atoms with Crippen molar-refractivity contribution in [1.82, 2.24) is 9.62 Å². The van der Waals surface area contributed by atoms with Crippen molar-refractivity contribution in [2.75, 3.05) is 33.4 Å². The van der Waals surface area contributed by atoms with Crippen LogP contribution in [0, 0.1) is 0 Å². The second kappa shape index (κ2) is 7.35. The summed E-state index contributed by atoms with van der Waals surface area (Å²) in [5.41, 5.74) is 1.86. The lowest BCUT2D eigenvalue weighted by Gasteiger charge is -2.21. The van der Waals surface area contributed by atoms with Gasteiger partial charge in [-0.1, -0.05) is 19.1 Å². The molecule has 5 nitrogen and oxygen atoms in total. The molecule has 0 amide bonds. The lowest BCUT2D eigenvalue weighted by molar-refractivity contribution is 0.148. The van der Waals surface area contributed by atoms with Gasteiger partial charge in [-0.15, -0.1) is 0 Å². The number of rotatable bonds is 5. The van der Waals surface area contributed by atoms with E-state index in [1.54, 1.807) is 10.4 Å². The van der Waals surface area contributed by atoms with Crippen LogP contribution in [-0.4, -0.2) is 46.1 Å². The van der Waals surface area contributed by atoms with Crippen LogP contribution in [0.25, 0.3) is 0 Å². The Morgan fingerprint density at radius 3 is 2.81 bits per heavy atom. The van der Waals surface area contributed by atoms with E-state index in [1.807, 2.05) is 26.1 Å². The van der Waals surface area contributed by atoms with Gasteiger partial charge in [0.25, 0.3) is 0 Å². The van der Waals surface area contributed by atoms with Crippen molar-refractivity contribution in [2.45, 2.75) is 31.2 Å². The smallest absolute Gasteiger partial charge is 0.243 e. The minimum absolute atomic E-state index is 0.432. The van der Waals surface area contributed by atoms with Gasteiger partial charge in [0, 0.05) is 26.2 Å². The molecule has 0 saturated carbocycles. The summed E-state index contributed by atoms with van der Waals surface area (Å²) in [5.74, 6) is 0. The third-order valence-corrected chi connectivity index (χ3v) is 5.67. The van der Waals surface area contributed by atoms with E-state index in [4.69, 9.17) is 4.74 Å². The predicted molar refractivity (Wildman–Crippen MR) is 82.8 cm³/mol. The molecule has 1 aliphatic rings. The van der Waals surface area contributed by atoms with Crippen molar-refractivity contribution in [3.05, 3.63) is 29.3 Å². The summed E-state index contributed by atoms with van der Waals surface area (Å²) < 4.78 is 32.8. The molecule has 0 unspecified atom stereocenters. The van der Waals surface area contributed by atoms with Crippen LogP contribution in [0.1, 0.15) is 24.5 Å². The maximum atomic E-state index is 12.9. The molecule has 6 heteroatoms. The van der Waals surface area contributed by atoms with Crippen molar-refractivity contribution in [1.29, 1.82) is 0 Å². The molecule has 0 atom stereocenters. The molecule has 1 aromatic rings. The van der Waals surface area contributed by atoms with Crippen LogP contribution in [0.4, 0.5) is 0 Å². The minimum Gasteiger partial charge on any atom is -0.380 e. The number of hydrogen-bond donors (Lipinski definition) is 1. The number of nitrogens with one attached hydrogen (secondary N) is 1. The van der Waals surface area contributed by atoms with E-state index in [-0.39, 0.29) is 0 Å². The quantitative estimate of drug-likeness (QED) is 0.892. The zero-order valence-electron chi connectivity index (χ0n) is 12.8. The zero-order valence-corrected chi connectivity index (χ0v) is 13.6. The molecule has 0 spiro atoms. The molecule has 0 aliphatic carbocycles. The van der Waals surface area contributed by atoms with Gasteiger partial charge in [0.15, 0.2) is 0 Å². The zero-order chi connectivity index (χ0) is 15.3. The van der Waals surface area contributed by atoms with Crippen LogP contribution >= 0.6 is 0 Å². The summed E-state index contributed by atoms with van der Waals surface area (Å²) >= 11 is 0. The molecule has 1 aromatic carbocycles. The standard InChI is InChI=1S/C15H24N2O3S/c1-3-14-6-5-13(12-16-2)11-15(14)21(18,19)17-7-4-9-20-10-8-17/h5-6,11,16H,3-4,7-10,12H2,1-2H3. The molecule has 1 aliphatic heterocycles. The van der Waals surface area contributed by atoms with Crippen LogP contribution < -0.4 is 5.32 Å². The number of aryl methyl sites for hydroxylation is 1. The van der Waals surface area contributed by atoms with Gasteiger partial charge in [-0.25, -0.2) is 8.42 Å². The molecule has 0 aromatic heterocycles. The van der Waals surface area contributed by atoms with Crippen LogP contribution in [0.5, 0.6) is 0 Å². The Hall–Kier alpha value is -0.950. The van der Waals surface area contributed by atoms with Crippen molar-refractivity contribution in [2.24, 2.45) is 0 Å². The van der Waals surface area contributed by atoms with Gasteiger partial charge in [0.05, 0.1) is 11.5 Å². The maximum absolute atomic E-state index is 12.9. The van der Waals surface area contributed by atoms with Gasteiger partial charge in [-0.3, -0.25) is 0 Å². The molecule has 1 heterocycles. The van der Waals surface area contributed by atoms with Gasteiger partial charge in [-0.05, 0) is 37.1 Å². The van der Waals surface area contributed by atoms with E-state index in [0.29, 0.717) is 44.2 Å². The van der Waals surface area contributed by atoms with Gasteiger partial charge >= 0.3 is 0 Å². The summed E-state index contributed by atoms with van der Waals surface area (Å²) in [7, 11) is -1.59. The first-order chi connectivity index (χ1) is 10.1. The molecule has 0 bridgehead atoms. The van der Waals surface area contributed by atoms with E-state index in [1.165, 1.54) is 0 Å². The lowest BCUT2D eigenvalue weighted by atomic mass is 10.1. The third-order valence-electron chi connectivity index (χ3n) is 3.69. The Morgan fingerprint density at radius 1 is 1.29 bits per heavy atom.